The number of allylic oxidation sites excluding steroid dienone is 2. The van der Waals surface area contributed by atoms with Gasteiger partial charge in [0.05, 0.1) is 11.9 Å². The van der Waals surface area contributed by atoms with Crippen LogP contribution >= 0.6 is 0 Å². The Kier molecular flexibility index (Phi) is 7.38. The average molecular weight is 249 g/mol. The first-order valence-corrected chi connectivity index (χ1v) is 7.22. The van der Waals surface area contributed by atoms with Crippen LogP contribution in [0.2, 0.25) is 0 Å². The van der Waals surface area contributed by atoms with E-state index < -0.39 is 0 Å². The molecule has 0 aliphatic heterocycles. The Morgan fingerprint density at radius 2 is 2.11 bits per heavy atom. The number of nitrogens with zero attached hydrogens (tertiary/aromatic N) is 3. The van der Waals surface area contributed by atoms with E-state index in [1.807, 2.05) is 6.20 Å². The molecule has 0 fully saturated rings. The number of hydrogen-bond donors (Lipinski definition) is 0. The topological polar surface area (TPSA) is 30.7 Å². The van der Waals surface area contributed by atoms with Crippen LogP contribution in [-0.2, 0) is 13.0 Å². The summed E-state index contributed by atoms with van der Waals surface area (Å²) in [6.45, 7) is 7.63. The van der Waals surface area contributed by atoms with Crippen LogP contribution < -0.4 is 0 Å². The second kappa shape index (κ2) is 8.90. The number of aryl methyl sites for hydroxylation is 2. The maximum atomic E-state index is 4.18. The standard InChI is InChI=1S/C15H27N3/c1-4-5-6-7-8-12-18-15(13-16-17-18)11-9-10-14(2)3/h4-5,13-14H,6-12H2,1-3H3/b5-4+. The van der Waals surface area contributed by atoms with Crippen LogP contribution in [0.3, 0.4) is 0 Å². The second-order valence-corrected chi connectivity index (χ2v) is 5.30. The summed E-state index contributed by atoms with van der Waals surface area (Å²) in [6.07, 6.45) is 13.5. The van der Waals surface area contributed by atoms with E-state index in [4.69, 9.17) is 0 Å². The summed E-state index contributed by atoms with van der Waals surface area (Å²) in [6, 6.07) is 0. The second-order valence-electron chi connectivity index (χ2n) is 5.30. The number of unbranched alkanes of at least 4 members (excludes halogenated alkanes) is 2. The number of aromatic nitrogens is 3. The maximum Gasteiger partial charge on any atom is 0.0725 e. The molecule has 0 saturated carbocycles. The molecule has 0 bridgehead atoms. The SMILES string of the molecule is C/C=C/CCCCn1nncc1CCCC(C)C. The summed E-state index contributed by atoms with van der Waals surface area (Å²) in [4.78, 5) is 0. The van der Waals surface area contributed by atoms with E-state index in [2.05, 4.69) is 47.9 Å². The third-order valence-electron chi connectivity index (χ3n) is 3.14. The fourth-order valence-electron chi connectivity index (χ4n) is 2.04. The van der Waals surface area contributed by atoms with Gasteiger partial charge in [-0.05, 0) is 44.9 Å². The zero-order valence-electron chi connectivity index (χ0n) is 12.1. The fourth-order valence-corrected chi connectivity index (χ4v) is 2.04. The van der Waals surface area contributed by atoms with Gasteiger partial charge in [-0.3, -0.25) is 0 Å². The van der Waals surface area contributed by atoms with Crippen molar-refractivity contribution in [2.24, 2.45) is 5.92 Å². The summed E-state index contributed by atoms with van der Waals surface area (Å²) < 4.78 is 2.08. The summed E-state index contributed by atoms with van der Waals surface area (Å²) in [5.74, 6) is 0.787. The molecule has 3 heteroatoms. The third kappa shape index (κ3) is 5.99. The molecular weight excluding hydrogens is 222 g/mol. The quantitative estimate of drug-likeness (QED) is 0.489. The largest absolute Gasteiger partial charge is 0.249 e. The highest BCUT2D eigenvalue weighted by molar-refractivity contribution is 4.94. The first-order valence-electron chi connectivity index (χ1n) is 7.22. The molecule has 0 saturated heterocycles. The fraction of sp³-hybridized carbons (Fsp3) is 0.733. The van der Waals surface area contributed by atoms with Crippen molar-refractivity contribution >= 4 is 0 Å². The van der Waals surface area contributed by atoms with Gasteiger partial charge in [-0.15, -0.1) is 5.10 Å². The molecule has 0 spiro atoms. The predicted molar refractivity (Wildman–Crippen MR) is 76.5 cm³/mol. The maximum absolute atomic E-state index is 4.18. The van der Waals surface area contributed by atoms with Crippen molar-refractivity contribution < 1.29 is 0 Å². The van der Waals surface area contributed by atoms with Crippen LogP contribution in [0.25, 0.3) is 0 Å². The summed E-state index contributed by atoms with van der Waals surface area (Å²) in [5.41, 5.74) is 1.29. The van der Waals surface area contributed by atoms with E-state index in [0.29, 0.717) is 0 Å². The summed E-state index contributed by atoms with van der Waals surface area (Å²) >= 11 is 0. The van der Waals surface area contributed by atoms with Gasteiger partial charge in [-0.1, -0.05) is 37.6 Å². The Morgan fingerprint density at radius 1 is 1.28 bits per heavy atom. The molecule has 0 atom stereocenters. The first-order chi connectivity index (χ1) is 8.74. The first kappa shape index (κ1) is 14.9. The van der Waals surface area contributed by atoms with Crippen molar-refractivity contribution in [1.29, 1.82) is 0 Å². The Balaban J connectivity index is 2.26. The van der Waals surface area contributed by atoms with Gasteiger partial charge in [-0.25, -0.2) is 4.68 Å². The minimum absolute atomic E-state index is 0.787. The highest BCUT2D eigenvalue weighted by Crippen LogP contribution is 2.10. The Morgan fingerprint density at radius 3 is 2.83 bits per heavy atom. The summed E-state index contributed by atoms with van der Waals surface area (Å²) in [7, 11) is 0. The van der Waals surface area contributed by atoms with Crippen LogP contribution in [-0.4, -0.2) is 15.0 Å². The molecule has 0 N–H and O–H groups in total. The molecule has 0 radical (unpaired) electrons. The lowest BCUT2D eigenvalue weighted by Gasteiger charge is -2.07. The van der Waals surface area contributed by atoms with Crippen molar-refractivity contribution in [3.8, 4) is 0 Å². The number of hydrogen-bond acceptors (Lipinski definition) is 2. The Hall–Kier alpha value is -1.12. The van der Waals surface area contributed by atoms with Crippen LogP contribution in [0.15, 0.2) is 18.3 Å². The monoisotopic (exact) mass is 249 g/mol. The van der Waals surface area contributed by atoms with Gasteiger partial charge in [-0.2, -0.15) is 0 Å². The van der Waals surface area contributed by atoms with E-state index in [9.17, 15) is 0 Å². The zero-order chi connectivity index (χ0) is 13.2. The number of rotatable bonds is 9. The Labute approximate surface area is 111 Å². The molecule has 3 nitrogen and oxygen atoms in total. The van der Waals surface area contributed by atoms with Crippen LogP contribution in [0.5, 0.6) is 0 Å². The predicted octanol–water partition coefficient (Wildman–Crippen LogP) is 4.00. The molecule has 18 heavy (non-hydrogen) atoms. The highest BCUT2D eigenvalue weighted by atomic mass is 15.4. The van der Waals surface area contributed by atoms with Gasteiger partial charge in [0.1, 0.15) is 0 Å². The van der Waals surface area contributed by atoms with Crippen LogP contribution in [0, 0.1) is 5.92 Å². The molecule has 1 aromatic rings. The van der Waals surface area contributed by atoms with Gasteiger partial charge < -0.3 is 0 Å². The molecule has 1 heterocycles. The van der Waals surface area contributed by atoms with Gasteiger partial charge in [0.15, 0.2) is 0 Å². The van der Waals surface area contributed by atoms with Crippen molar-refractivity contribution in [3.63, 3.8) is 0 Å². The van der Waals surface area contributed by atoms with Gasteiger partial charge in [0.25, 0.3) is 0 Å². The van der Waals surface area contributed by atoms with Crippen LogP contribution in [0.4, 0.5) is 0 Å². The van der Waals surface area contributed by atoms with Crippen molar-refractivity contribution in [1.82, 2.24) is 15.0 Å². The van der Waals surface area contributed by atoms with Crippen molar-refractivity contribution in [2.45, 2.75) is 65.8 Å². The molecular formula is C15H27N3. The van der Waals surface area contributed by atoms with Crippen molar-refractivity contribution in [3.05, 3.63) is 24.0 Å². The third-order valence-corrected chi connectivity index (χ3v) is 3.14. The molecule has 0 unspecified atom stereocenters. The average Bonchev–Trinajstić information content (AvgIpc) is 2.76. The molecule has 1 rings (SSSR count). The normalized spacial score (nSPS) is 11.8. The lowest BCUT2D eigenvalue weighted by molar-refractivity contribution is 0.504. The van der Waals surface area contributed by atoms with E-state index in [1.54, 1.807) is 0 Å². The molecule has 1 aromatic heterocycles. The highest BCUT2D eigenvalue weighted by Gasteiger charge is 2.04. The lowest BCUT2D eigenvalue weighted by atomic mass is 10.1. The van der Waals surface area contributed by atoms with Crippen LogP contribution in [0.1, 0.15) is 58.6 Å². The summed E-state index contributed by atoms with van der Waals surface area (Å²) in [5, 5.41) is 8.21. The van der Waals surface area contributed by atoms with E-state index in [-0.39, 0.29) is 0 Å². The lowest BCUT2D eigenvalue weighted by Crippen LogP contribution is -2.06. The van der Waals surface area contributed by atoms with E-state index >= 15 is 0 Å². The minimum Gasteiger partial charge on any atom is -0.249 e. The molecule has 0 aliphatic carbocycles. The molecule has 102 valence electrons. The molecule has 0 aromatic carbocycles. The molecule has 0 amide bonds. The van der Waals surface area contributed by atoms with Gasteiger partial charge in [0.2, 0.25) is 0 Å². The van der Waals surface area contributed by atoms with E-state index in [1.165, 1.54) is 37.8 Å². The Bertz CT molecular complexity index is 339. The van der Waals surface area contributed by atoms with Gasteiger partial charge >= 0.3 is 0 Å². The van der Waals surface area contributed by atoms with E-state index in [0.717, 1.165) is 18.9 Å². The molecule has 0 aliphatic rings. The zero-order valence-corrected chi connectivity index (χ0v) is 12.1. The smallest absolute Gasteiger partial charge is 0.0725 e. The van der Waals surface area contributed by atoms with Crippen molar-refractivity contribution in [2.75, 3.05) is 0 Å². The van der Waals surface area contributed by atoms with Gasteiger partial charge in [0, 0.05) is 6.54 Å². The minimum atomic E-state index is 0.787.